The van der Waals surface area contributed by atoms with Crippen LogP contribution in [-0.4, -0.2) is 19.2 Å². The molecule has 4 rings (SSSR count). The number of unbranched alkanes of at least 4 members (excludes halogenated alkanes) is 2. The Morgan fingerprint density at radius 3 is 1.95 bits per heavy atom. The third-order valence-electron chi connectivity index (χ3n) is 7.82. The van der Waals surface area contributed by atoms with Crippen molar-refractivity contribution in [1.29, 1.82) is 0 Å². The van der Waals surface area contributed by atoms with Crippen LogP contribution in [0.4, 0.5) is 5.69 Å². The van der Waals surface area contributed by atoms with Crippen molar-refractivity contribution in [2.45, 2.75) is 63.9 Å². The van der Waals surface area contributed by atoms with E-state index in [-0.39, 0.29) is 5.16 Å². The standard InChI is InChI=1S/C36H44NOP/c1-5-7-16-23-36(6-2,39-34-22-15-14-21-33(34)37(3)4)32-27-30(24-28-17-10-8-11-18-28)26-31(35(32)38)25-29-19-12-9-13-20-29/h8-15,17-22,26-27,38-39H,5-7,16,23-25H2,1-4H3. The third kappa shape index (κ3) is 7.31. The molecule has 0 fully saturated rings. The zero-order chi connectivity index (χ0) is 27.7. The molecule has 0 aliphatic carbocycles. The second-order valence-corrected chi connectivity index (χ2v) is 12.7. The van der Waals surface area contributed by atoms with E-state index in [1.807, 2.05) is 0 Å². The van der Waals surface area contributed by atoms with Gasteiger partial charge in [0.25, 0.3) is 0 Å². The van der Waals surface area contributed by atoms with Gasteiger partial charge in [0.1, 0.15) is 5.75 Å². The molecule has 0 amide bonds. The maximum absolute atomic E-state index is 12.0. The van der Waals surface area contributed by atoms with E-state index in [2.05, 4.69) is 130 Å². The summed E-state index contributed by atoms with van der Waals surface area (Å²) in [7, 11) is 4.83. The van der Waals surface area contributed by atoms with Crippen LogP contribution >= 0.6 is 8.58 Å². The van der Waals surface area contributed by atoms with Crippen LogP contribution in [0.5, 0.6) is 5.75 Å². The van der Waals surface area contributed by atoms with E-state index in [0.29, 0.717) is 14.3 Å². The number of nitrogens with zero attached hydrogens (tertiary/aromatic N) is 1. The molecular formula is C36H44NOP. The predicted octanol–water partition coefficient (Wildman–Crippen LogP) is 8.83. The highest BCUT2D eigenvalue weighted by Gasteiger charge is 2.35. The number of para-hydroxylation sites is 1. The Morgan fingerprint density at radius 1 is 0.718 bits per heavy atom. The van der Waals surface area contributed by atoms with Crippen molar-refractivity contribution in [1.82, 2.24) is 0 Å². The first-order chi connectivity index (χ1) is 19.0. The molecule has 0 spiro atoms. The molecule has 0 saturated carbocycles. The van der Waals surface area contributed by atoms with Gasteiger partial charge in [0, 0.05) is 36.9 Å². The van der Waals surface area contributed by atoms with Gasteiger partial charge < -0.3 is 10.0 Å². The van der Waals surface area contributed by atoms with Crippen LogP contribution < -0.4 is 10.2 Å². The number of aromatic hydroxyl groups is 1. The zero-order valence-electron chi connectivity index (χ0n) is 24.1. The minimum Gasteiger partial charge on any atom is -0.507 e. The number of hydrogen-bond donors (Lipinski definition) is 1. The first-order valence-corrected chi connectivity index (χ1v) is 15.4. The molecule has 2 atom stereocenters. The van der Waals surface area contributed by atoms with Gasteiger partial charge in [-0.1, -0.05) is 133 Å². The van der Waals surface area contributed by atoms with E-state index in [1.165, 1.54) is 40.5 Å². The second-order valence-electron chi connectivity index (χ2n) is 10.9. The van der Waals surface area contributed by atoms with E-state index in [0.717, 1.165) is 43.2 Å². The zero-order valence-corrected chi connectivity index (χ0v) is 25.1. The topological polar surface area (TPSA) is 23.5 Å². The van der Waals surface area contributed by atoms with Crippen molar-refractivity contribution in [3.05, 3.63) is 125 Å². The Labute approximate surface area is 237 Å². The Morgan fingerprint density at radius 2 is 1.33 bits per heavy atom. The molecule has 2 nitrogen and oxygen atoms in total. The average molecular weight is 538 g/mol. The molecule has 0 saturated heterocycles. The lowest BCUT2D eigenvalue weighted by molar-refractivity contribution is 0.432. The van der Waals surface area contributed by atoms with Crippen LogP contribution in [0.15, 0.2) is 97.1 Å². The van der Waals surface area contributed by atoms with Gasteiger partial charge in [-0.2, -0.15) is 0 Å². The van der Waals surface area contributed by atoms with Crippen molar-refractivity contribution < 1.29 is 5.11 Å². The SMILES string of the molecule is CCCCCC(CC)(Pc1ccccc1N(C)C)c1cc(Cc2ccccc2)cc(Cc2ccccc2)c1O. The van der Waals surface area contributed by atoms with Crippen molar-refractivity contribution in [3.63, 3.8) is 0 Å². The van der Waals surface area contributed by atoms with E-state index in [4.69, 9.17) is 0 Å². The number of rotatable bonds is 13. The largest absolute Gasteiger partial charge is 0.507 e. The van der Waals surface area contributed by atoms with Crippen molar-refractivity contribution in [2.75, 3.05) is 19.0 Å². The van der Waals surface area contributed by atoms with Crippen LogP contribution in [0.1, 0.15) is 73.8 Å². The summed E-state index contributed by atoms with van der Waals surface area (Å²) in [6.45, 7) is 4.59. The molecule has 0 radical (unpaired) electrons. The van der Waals surface area contributed by atoms with Gasteiger partial charge in [-0.25, -0.2) is 0 Å². The van der Waals surface area contributed by atoms with Crippen LogP contribution in [0.2, 0.25) is 0 Å². The minimum atomic E-state index is -0.122. The van der Waals surface area contributed by atoms with Gasteiger partial charge in [-0.3, -0.25) is 0 Å². The lowest BCUT2D eigenvalue weighted by Gasteiger charge is -2.36. The Kier molecular flexibility index (Phi) is 10.2. The Balaban J connectivity index is 1.86. The highest BCUT2D eigenvalue weighted by molar-refractivity contribution is 7.49. The number of phenolic OH excluding ortho intramolecular Hbond substituents is 1. The number of phenols is 1. The maximum Gasteiger partial charge on any atom is 0.123 e. The summed E-state index contributed by atoms with van der Waals surface area (Å²) in [5.41, 5.74) is 7.24. The molecule has 0 aliphatic heterocycles. The molecule has 39 heavy (non-hydrogen) atoms. The Hall–Kier alpha value is -3.09. The van der Waals surface area contributed by atoms with E-state index >= 15 is 0 Å². The fourth-order valence-electron chi connectivity index (χ4n) is 5.63. The predicted molar refractivity (Wildman–Crippen MR) is 171 cm³/mol. The van der Waals surface area contributed by atoms with E-state index < -0.39 is 0 Å². The molecule has 4 aromatic rings. The lowest BCUT2D eigenvalue weighted by Crippen LogP contribution is -2.26. The quantitative estimate of drug-likeness (QED) is 0.136. The number of anilines is 1. The molecule has 1 N–H and O–H groups in total. The van der Waals surface area contributed by atoms with Crippen LogP contribution in [0, 0.1) is 0 Å². The van der Waals surface area contributed by atoms with Crippen LogP contribution in [0.3, 0.4) is 0 Å². The lowest BCUT2D eigenvalue weighted by atomic mass is 9.85. The molecule has 0 bridgehead atoms. The summed E-state index contributed by atoms with van der Waals surface area (Å²) in [4.78, 5) is 2.22. The fourth-order valence-corrected chi connectivity index (χ4v) is 7.57. The molecule has 204 valence electrons. The van der Waals surface area contributed by atoms with Crippen molar-refractivity contribution in [3.8, 4) is 5.75 Å². The maximum atomic E-state index is 12.0. The summed E-state index contributed by atoms with van der Waals surface area (Å²) in [6.07, 6.45) is 7.22. The minimum absolute atomic E-state index is 0.122. The smallest absolute Gasteiger partial charge is 0.123 e. The summed E-state index contributed by atoms with van der Waals surface area (Å²) < 4.78 is 0. The van der Waals surface area contributed by atoms with Crippen LogP contribution in [-0.2, 0) is 18.0 Å². The highest BCUT2D eigenvalue weighted by Crippen LogP contribution is 2.53. The molecule has 0 aromatic heterocycles. The summed E-state index contributed by atoms with van der Waals surface area (Å²) in [5, 5.41) is 13.3. The van der Waals surface area contributed by atoms with Gasteiger partial charge in [-0.05, 0) is 52.9 Å². The number of hydrogen-bond acceptors (Lipinski definition) is 2. The molecule has 2 unspecified atom stereocenters. The van der Waals surface area contributed by atoms with Gasteiger partial charge in [0.15, 0.2) is 0 Å². The summed E-state index contributed by atoms with van der Waals surface area (Å²) in [5.74, 6) is 0.490. The Bertz CT molecular complexity index is 1320. The second kappa shape index (κ2) is 13.8. The van der Waals surface area contributed by atoms with Gasteiger partial charge >= 0.3 is 0 Å². The third-order valence-corrected chi connectivity index (χ3v) is 9.87. The first-order valence-electron chi connectivity index (χ1n) is 14.4. The highest BCUT2D eigenvalue weighted by atomic mass is 31.1. The van der Waals surface area contributed by atoms with Gasteiger partial charge in [0.2, 0.25) is 0 Å². The van der Waals surface area contributed by atoms with E-state index in [1.54, 1.807) is 0 Å². The molecule has 3 heteroatoms. The van der Waals surface area contributed by atoms with Crippen LogP contribution in [0.25, 0.3) is 0 Å². The average Bonchev–Trinajstić information content (AvgIpc) is 2.95. The molecule has 0 heterocycles. The van der Waals surface area contributed by atoms with Crippen molar-refractivity contribution in [2.24, 2.45) is 0 Å². The normalized spacial score (nSPS) is 13.0. The fraction of sp³-hybridized carbons (Fsp3) is 0.333. The monoisotopic (exact) mass is 537 g/mol. The number of benzene rings is 4. The van der Waals surface area contributed by atoms with Gasteiger partial charge in [0.05, 0.1) is 0 Å². The summed E-state index contributed by atoms with van der Waals surface area (Å²) in [6, 6.07) is 34.6. The first kappa shape index (κ1) is 28.9. The summed E-state index contributed by atoms with van der Waals surface area (Å²) >= 11 is 0. The van der Waals surface area contributed by atoms with E-state index in [9.17, 15) is 5.11 Å². The molecule has 4 aromatic carbocycles. The van der Waals surface area contributed by atoms with Gasteiger partial charge in [-0.15, -0.1) is 0 Å². The molecule has 0 aliphatic rings. The van der Waals surface area contributed by atoms with Crippen molar-refractivity contribution >= 4 is 19.6 Å². The molecular weight excluding hydrogens is 493 g/mol.